The van der Waals surface area contributed by atoms with E-state index in [-0.39, 0.29) is 5.92 Å². The third-order valence-corrected chi connectivity index (χ3v) is 9.92. The van der Waals surface area contributed by atoms with Gasteiger partial charge in [-0.2, -0.15) is 0 Å². The number of nitrogens with zero attached hydrogens (tertiary/aromatic N) is 2. The second kappa shape index (κ2) is 12.3. The molecule has 2 aliphatic heterocycles. The number of benzene rings is 2. The maximum atomic E-state index is 9.76. The molecule has 2 atom stereocenters. The Morgan fingerprint density at radius 1 is 1.03 bits per heavy atom. The first-order valence-electron chi connectivity index (χ1n) is 15.0. The Hall–Kier alpha value is -2.60. The van der Waals surface area contributed by atoms with Gasteiger partial charge in [-0.25, -0.2) is 0 Å². The fourth-order valence-electron chi connectivity index (χ4n) is 7.36. The number of rotatable bonds is 7. The van der Waals surface area contributed by atoms with E-state index < -0.39 is 7.12 Å². The number of anilines is 1. The van der Waals surface area contributed by atoms with Gasteiger partial charge in [0.05, 0.1) is 0 Å². The molecule has 39 heavy (non-hydrogen) atoms. The quantitative estimate of drug-likeness (QED) is 0.374. The van der Waals surface area contributed by atoms with Gasteiger partial charge in [-0.05, 0) is 116 Å². The number of likely N-dealkylation sites (tertiary alicyclic amines) is 1. The molecule has 1 aliphatic carbocycles. The summed E-state index contributed by atoms with van der Waals surface area (Å²) in [5.74, 6) is 0.583. The van der Waals surface area contributed by atoms with Crippen molar-refractivity contribution in [3.05, 3.63) is 95.6 Å². The van der Waals surface area contributed by atoms with E-state index in [1.807, 2.05) is 24.3 Å². The first-order chi connectivity index (χ1) is 19.0. The van der Waals surface area contributed by atoms with Crippen molar-refractivity contribution in [2.75, 3.05) is 37.6 Å². The highest BCUT2D eigenvalue weighted by atomic mass is 16.4. The molecule has 206 valence electrons. The number of piperidine rings is 2. The van der Waals surface area contributed by atoms with Crippen molar-refractivity contribution in [2.24, 2.45) is 11.3 Å². The zero-order chi connectivity index (χ0) is 27.4. The number of hydrogen-bond donors (Lipinski definition) is 2. The fourth-order valence-corrected chi connectivity index (χ4v) is 7.36. The highest BCUT2D eigenvalue weighted by Gasteiger charge is 2.37. The van der Waals surface area contributed by atoms with Crippen LogP contribution in [0.2, 0.25) is 0 Å². The van der Waals surface area contributed by atoms with Crippen LogP contribution < -0.4 is 10.4 Å². The monoisotopic (exact) mass is 524 g/mol. The lowest BCUT2D eigenvalue weighted by atomic mass is 9.67. The normalized spacial score (nSPS) is 23.7. The smallest absolute Gasteiger partial charge is 0.423 e. The number of hydrogen-bond acceptors (Lipinski definition) is 4. The lowest BCUT2D eigenvalue weighted by molar-refractivity contribution is 0.0831. The second-order valence-corrected chi connectivity index (χ2v) is 11.9. The van der Waals surface area contributed by atoms with Crippen LogP contribution in [0.3, 0.4) is 0 Å². The molecular weight excluding hydrogens is 479 g/mol. The average Bonchev–Trinajstić information content (AvgIpc) is 2.98. The zero-order valence-electron chi connectivity index (χ0n) is 23.9. The van der Waals surface area contributed by atoms with Crippen LogP contribution in [0.5, 0.6) is 0 Å². The summed E-state index contributed by atoms with van der Waals surface area (Å²) in [5.41, 5.74) is 7.65. The number of allylic oxidation sites excluding steroid dienone is 5. The minimum absolute atomic E-state index is 0.224. The molecule has 2 fully saturated rings. The maximum absolute atomic E-state index is 9.76. The topological polar surface area (TPSA) is 46.9 Å². The van der Waals surface area contributed by atoms with Gasteiger partial charge in [-0.1, -0.05) is 68.1 Å². The zero-order valence-corrected chi connectivity index (χ0v) is 23.9. The highest BCUT2D eigenvalue weighted by Crippen LogP contribution is 2.46. The van der Waals surface area contributed by atoms with Crippen molar-refractivity contribution < 1.29 is 10.0 Å². The molecule has 2 N–H and O–H groups in total. The van der Waals surface area contributed by atoms with Gasteiger partial charge in [-0.3, -0.25) is 0 Å². The van der Waals surface area contributed by atoms with Crippen LogP contribution in [0.15, 0.2) is 78.9 Å². The maximum Gasteiger partial charge on any atom is 0.488 e. The predicted molar refractivity (Wildman–Crippen MR) is 165 cm³/mol. The second-order valence-electron chi connectivity index (χ2n) is 11.9. The van der Waals surface area contributed by atoms with E-state index in [9.17, 15) is 10.0 Å². The molecule has 2 unspecified atom stereocenters. The summed E-state index contributed by atoms with van der Waals surface area (Å²) in [6, 6.07) is 15.3. The van der Waals surface area contributed by atoms with Gasteiger partial charge in [0.1, 0.15) is 0 Å². The van der Waals surface area contributed by atoms with Crippen LogP contribution in [-0.4, -0.2) is 54.8 Å². The van der Waals surface area contributed by atoms with Gasteiger partial charge in [0.2, 0.25) is 0 Å². The molecule has 5 rings (SSSR count). The summed E-state index contributed by atoms with van der Waals surface area (Å²) in [6.07, 6.45) is 15.6. The predicted octanol–water partition coefficient (Wildman–Crippen LogP) is 5.45. The Morgan fingerprint density at radius 2 is 1.72 bits per heavy atom. The van der Waals surface area contributed by atoms with Gasteiger partial charge in [0, 0.05) is 24.7 Å². The van der Waals surface area contributed by atoms with Crippen LogP contribution in [0, 0.1) is 11.3 Å². The molecule has 0 aromatic heterocycles. The molecule has 2 heterocycles. The van der Waals surface area contributed by atoms with E-state index in [4.69, 9.17) is 0 Å². The first kappa shape index (κ1) is 28.0. The van der Waals surface area contributed by atoms with Gasteiger partial charge in [0.25, 0.3) is 0 Å². The Morgan fingerprint density at radius 3 is 2.33 bits per heavy atom. The number of aryl methyl sites for hydroxylation is 1. The molecule has 0 saturated carbocycles. The van der Waals surface area contributed by atoms with Gasteiger partial charge >= 0.3 is 7.12 Å². The summed E-state index contributed by atoms with van der Waals surface area (Å²) < 4.78 is 0. The summed E-state index contributed by atoms with van der Waals surface area (Å²) in [7, 11) is -1.43. The van der Waals surface area contributed by atoms with E-state index >= 15 is 0 Å². The van der Waals surface area contributed by atoms with Crippen LogP contribution >= 0.6 is 0 Å². The van der Waals surface area contributed by atoms with Gasteiger partial charge in [-0.15, -0.1) is 0 Å². The van der Waals surface area contributed by atoms with Crippen molar-refractivity contribution in [2.45, 2.75) is 58.3 Å². The molecule has 3 aliphatic rings. The van der Waals surface area contributed by atoms with E-state index in [0.29, 0.717) is 16.8 Å². The van der Waals surface area contributed by atoms with Gasteiger partial charge < -0.3 is 19.8 Å². The van der Waals surface area contributed by atoms with Crippen molar-refractivity contribution in [3.63, 3.8) is 0 Å². The molecule has 4 nitrogen and oxygen atoms in total. The Balaban J connectivity index is 1.38. The van der Waals surface area contributed by atoms with Crippen molar-refractivity contribution in [1.29, 1.82) is 0 Å². The van der Waals surface area contributed by atoms with Crippen molar-refractivity contribution >= 4 is 18.3 Å². The molecule has 2 aromatic rings. The van der Waals surface area contributed by atoms with Crippen LogP contribution in [0.1, 0.15) is 68.6 Å². The van der Waals surface area contributed by atoms with E-state index in [1.54, 1.807) is 0 Å². The standard InChI is InChI=1S/C34H45BN2O2/c1-4-7-8-26(5-2)31-15-11-28-25-29(35(38)39)12-16-32(28)33(31)27-9-13-30(14-10-27)37-23-19-34(20-24-37)17-21-36(6-3)22-18-34/h4-5,7-10,12-14,16,25,31,33,38-39H,1,6,11,15,17-24H2,2-3H3/b8-7-,26-5+. The minimum atomic E-state index is -1.43. The van der Waals surface area contributed by atoms with E-state index in [1.165, 1.54) is 73.3 Å². The molecule has 0 radical (unpaired) electrons. The third kappa shape index (κ3) is 5.96. The van der Waals surface area contributed by atoms with Crippen LogP contribution in [0.25, 0.3) is 0 Å². The summed E-state index contributed by atoms with van der Waals surface area (Å²) in [4.78, 5) is 5.19. The van der Waals surface area contributed by atoms with Crippen LogP contribution in [0.4, 0.5) is 5.69 Å². The molecule has 2 saturated heterocycles. The minimum Gasteiger partial charge on any atom is -0.423 e. The van der Waals surface area contributed by atoms with E-state index in [0.717, 1.165) is 25.9 Å². The molecule has 0 bridgehead atoms. The van der Waals surface area contributed by atoms with Crippen LogP contribution in [-0.2, 0) is 6.42 Å². The SMILES string of the molecule is C=C/C=C\C(=C/C)C1CCc2cc(B(O)O)ccc2C1c1ccc(N2CCC3(CCN(CC)CC3)CC2)cc1. The molecule has 0 amide bonds. The number of fused-ring (bicyclic) bond motifs is 1. The summed E-state index contributed by atoms with van der Waals surface area (Å²) in [5, 5.41) is 19.5. The van der Waals surface area contributed by atoms with E-state index in [2.05, 4.69) is 72.7 Å². The van der Waals surface area contributed by atoms with Crippen molar-refractivity contribution in [1.82, 2.24) is 4.90 Å². The molecule has 2 aromatic carbocycles. The molecule has 1 spiro atoms. The largest absolute Gasteiger partial charge is 0.488 e. The lowest BCUT2D eigenvalue weighted by Crippen LogP contribution is -2.46. The van der Waals surface area contributed by atoms with Crippen molar-refractivity contribution in [3.8, 4) is 0 Å². The summed E-state index contributed by atoms with van der Waals surface area (Å²) >= 11 is 0. The summed E-state index contributed by atoms with van der Waals surface area (Å²) in [6.45, 7) is 14.3. The highest BCUT2D eigenvalue weighted by molar-refractivity contribution is 6.58. The first-order valence-corrected chi connectivity index (χ1v) is 15.0. The lowest BCUT2D eigenvalue weighted by Gasteiger charge is -2.47. The van der Waals surface area contributed by atoms with Gasteiger partial charge in [0.15, 0.2) is 0 Å². The molecule has 5 heteroatoms. The molecular formula is C34H45BN2O2. The fraction of sp³-hybridized carbons (Fsp3) is 0.471. The average molecular weight is 525 g/mol. The Kier molecular flexibility index (Phi) is 8.81. The Bertz CT molecular complexity index is 1180. The third-order valence-electron chi connectivity index (χ3n) is 9.92. The Labute approximate surface area is 235 Å².